The fourth-order valence-corrected chi connectivity index (χ4v) is 8.14. The summed E-state index contributed by atoms with van der Waals surface area (Å²) in [7, 11) is 0.380. The normalized spacial score (nSPS) is 10.8. The summed E-state index contributed by atoms with van der Waals surface area (Å²) < 4.78 is 44.2. The van der Waals surface area contributed by atoms with E-state index in [1.807, 2.05) is 42.6 Å². The van der Waals surface area contributed by atoms with E-state index < -0.39 is 29.0 Å². The summed E-state index contributed by atoms with van der Waals surface area (Å²) in [6.07, 6.45) is 19.7. The summed E-state index contributed by atoms with van der Waals surface area (Å²) in [6, 6.07) is 21.2. The van der Waals surface area contributed by atoms with Gasteiger partial charge in [0.15, 0.2) is 11.6 Å². The van der Waals surface area contributed by atoms with Gasteiger partial charge in [0.2, 0.25) is 17.7 Å². The van der Waals surface area contributed by atoms with E-state index in [-0.39, 0.29) is 25.2 Å². The molecule has 0 aliphatic carbocycles. The molecule has 1 aromatic carbocycles. The number of nitrogens with one attached hydrogen (secondary N) is 5. The van der Waals surface area contributed by atoms with Crippen LogP contribution in [0, 0.1) is 11.6 Å². The van der Waals surface area contributed by atoms with Gasteiger partial charge < -0.3 is 54.5 Å². The van der Waals surface area contributed by atoms with Gasteiger partial charge in [0, 0.05) is 88.8 Å². The number of halogens is 2. The second-order valence-electron chi connectivity index (χ2n) is 18.4. The van der Waals surface area contributed by atoms with E-state index in [9.17, 15) is 23.2 Å². The van der Waals surface area contributed by atoms with Crippen molar-refractivity contribution in [2.75, 3.05) is 20.0 Å². The first-order chi connectivity index (χ1) is 40.8. The number of fused-ring (bicyclic) bond motifs is 4. The molecule has 2 amide bonds. The van der Waals surface area contributed by atoms with Gasteiger partial charge in [0.25, 0.3) is 17.4 Å². The van der Waals surface area contributed by atoms with Gasteiger partial charge in [-0.2, -0.15) is 0 Å². The van der Waals surface area contributed by atoms with Gasteiger partial charge in [-0.15, -0.1) is 7.92 Å². The molecule has 0 radical (unpaired) electrons. The van der Waals surface area contributed by atoms with E-state index in [1.165, 1.54) is 41.5 Å². The van der Waals surface area contributed by atoms with E-state index in [2.05, 4.69) is 90.2 Å². The fraction of sp³-hybridized carbons (Fsp3) is 0.123. The number of benzene rings is 1. The Kier molecular flexibility index (Phi) is 18.6. The standard InChI is InChI=1S/C24H17F2N5O3.C11H8N6O.C11H10N4O.C8H7N3O.C3H9P/c25-19-6-5-14(9-20(19)26)12-31-8-2-4-17(24(31)33)22(32)29-10-15-13-34-23(30-15)18-11-28-21-16(18)3-1-7-27-21;12-17-15-4-7-6-18-11(16-7)9-5-14-10-8(9)2-1-3-13-10;12-4-7-6-16-11(15-7)9-5-14-10-8(9)2-1-3-13-10;9-7(12)6-4-11-8-5(6)2-1-3-10-8;1-4(2)3/h1-9,11,13H,10,12H2,(H,27,28)(H,29,32);1-3,5-6H,4H2,(H,13,14);1-3,5-6H,4,12H2,(H,13,14);1-4H,(H2,9,12)(H,10,11);1-3H3. The Balaban J connectivity index is 0.000000142. The highest BCUT2D eigenvalue weighted by Crippen LogP contribution is 2.29. The van der Waals surface area contributed by atoms with Crippen molar-refractivity contribution in [3.8, 4) is 34.4 Å². The van der Waals surface area contributed by atoms with Crippen molar-refractivity contribution >= 4 is 63.9 Å². The molecule has 0 saturated heterocycles. The van der Waals surface area contributed by atoms with Crippen molar-refractivity contribution in [2.24, 2.45) is 16.6 Å². The SMILES string of the molecule is CP(C)C.NC(=O)c1c[nH]c2ncccc12.NCc1coc(-c2c[nH]c3ncccc23)n1.O=C(NCc1coc(-c2c[nH]c3ncccc23)n1)c1cccn(Cc2ccc(F)c(F)c2)c1=O.[N-]=[N+]=NCc1coc(-c2c[nH]c3ncccc23)n1. The van der Waals surface area contributed by atoms with Crippen LogP contribution in [0.15, 0.2) is 177 Å². The molecule has 0 aliphatic heterocycles. The molecule has 12 aromatic heterocycles. The number of nitrogens with two attached hydrogens (primary N) is 2. The number of hydrogen-bond donors (Lipinski definition) is 7. The number of oxazole rings is 3. The molecule has 0 bridgehead atoms. The van der Waals surface area contributed by atoms with E-state index in [0.717, 1.165) is 67.4 Å². The molecule has 13 rings (SSSR count). The maximum atomic E-state index is 13.5. The Labute approximate surface area is 475 Å². The molecule has 0 spiro atoms. The first kappa shape index (κ1) is 57.7. The first-order valence-electron chi connectivity index (χ1n) is 25.3. The average molecular weight is 1150 g/mol. The van der Waals surface area contributed by atoms with Gasteiger partial charge in [-0.3, -0.25) is 14.4 Å². The Morgan fingerprint density at radius 2 is 1.13 bits per heavy atom. The summed E-state index contributed by atoms with van der Waals surface area (Å²) in [6.45, 7) is 7.29. The monoisotopic (exact) mass is 1150 g/mol. The Morgan fingerprint density at radius 3 is 1.63 bits per heavy atom. The minimum atomic E-state index is -1.00. The van der Waals surface area contributed by atoms with Gasteiger partial charge in [-0.1, -0.05) is 11.2 Å². The zero-order chi connectivity index (χ0) is 59.1. The van der Waals surface area contributed by atoms with Gasteiger partial charge in [-0.25, -0.2) is 43.7 Å². The van der Waals surface area contributed by atoms with Crippen molar-refractivity contribution in [3.05, 3.63) is 220 Å². The molecule has 0 atom stereocenters. The number of H-pyrrole nitrogens is 4. The molecule has 0 fully saturated rings. The van der Waals surface area contributed by atoms with Gasteiger partial charge in [0.1, 0.15) is 46.9 Å². The van der Waals surface area contributed by atoms with Crippen molar-refractivity contribution in [3.63, 3.8) is 0 Å². The van der Waals surface area contributed by atoms with Crippen LogP contribution in [0.4, 0.5) is 8.78 Å². The molecule has 9 N–H and O–H groups in total. The molecule has 0 aliphatic rings. The van der Waals surface area contributed by atoms with Gasteiger partial charge in [0.05, 0.1) is 59.0 Å². The third kappa shape index (κ3) is 14.0. The number of carbonyl (C=O) groups excluding carboxylic acids is 2. The van der Waals surface area contributed by atoms with Crippen molar-refractivity contribution in [2.45, 2.75) is 26.2 Å². The molecule has 424 valence electrons. The largest absolute Gasteiger partial charge is 0.444 e. The summed E-state index contributed by atoms with van der Waals surface area (Å²) in [5, 5.41) is 9.65. The molecular weight excluding hydrogens is 1100 g/mol. The van der Waals surface area contributed by atoms with Crippen LogP contribution in [0.2, 0.25) is 0 Å². The highest BCUT2D eigenvalue weighted by molar-refractivity contribution is 7.55. The Hall–Kier alpha value is -10.9. The number of pyridine rings is 5. The van der Waals surface area contributed by atoms with Crippen LogP contribution in [0.1, 0.15) is 43.4 Å². The number of aromatic nitrogens is 12. The number of carbonyl (C=O) groups is 2. The predicted molar refractivity (Wildman–Crippen MR) is 312 cm³/mol. The van der Waals surface area contributed by atoms with E-state index in [4.69, 9.17) is 30.2 Å². The molecule has 27 heteroatoms. The quantitative estimate of drug-likeness (QED) is 0.0259. The molecule has 0 unspecified atom stereocenters. The van der Waals surface area contributed by atoms with Crippen LogP contribution in [0.3, 0.4) is 0 Å². The number of primary amides is 1. The Bertz CT molecular complexity index is 4490. The lowest BCUT2D eigenvalue weighted by molar-refractivity contribution is 0.0947. The summed E-state index contributed by atoms with van der Waals surface area (Å²) >= 11 is 0. The minimum Gasteiger partial charge on any atom is -0.444 e. The zero-order valence-corrected chi connectivity index (χ0v) is 45.9. The molecular formula is C57H51F2N18O6P. The fourth-order valence-electron chi connectivity index (χ4n) is 8.14. The number of rotatable bonds is 12. The summed E-state index contributed by atoms with van der Waals surface area (Å²) in [5.41, 5.74) is 26.4. The van der Waals surface area contributed by atoms with E-state index in [0.29, 0.717) is 65.9 Å². The highest BCUT2D eigenvalue weighted by atomic mass is 31.1. The maximum Gasteiger partial charge on any atom is 0.263 e. The molecule has 24 nitrogen and oxygen atoms in total. The summed E-state index contributed by atoms with van der Waals surface area (Å²) in [5.74, 6) is -1.58. The van der Waals surface area contributed by atoms with Crippen molar-refractivity contribution in [1.82, 2.24) is 64.7 Å². The second kappa shape index (κ2) is 27.0. The molecule has 84 heavy (non-hydrogen) atoms. The third-order valence-electron chi connectivity index (χ3n) is 12.0. The smallest absolute Gasteiger partial charge is 0.263 e. The van der Waals surface area contributed by atoms with Crippen LogP contribution >= 0.6 is 7.92 Å². The lowest BCUT2D eigenvalue weighted by Gasteiger charge is -2.09. The topological polar surface area (TPSA) is 362 Å². The number of aromatic amines is 4. The van der Waals surface area contributed by atoms with Gasteiger partial charge in [-0.05, 0) is 104 Å². The zero-order valence-electron chi connectivity index (χ0n) is 45.0. The maximum absolute atomic E-state index is 13.5. The number of azide groups is 1. The van der Waals surface area contributed by atoms with Crippen LogP contribution < -0.4 is 22.3 Å². The van der Waals surface area contributed by atoms with E-state index >= 15 is 0 Å². The number of nitrogens with zero attached hydrogens (tertiary/aromatic N) is 11. The van der Waals surface area contributed by atoms with Crippen molar-refractivity contribution < 1.29 is 31.6 Å². The highest BCUT2D eigenvalue weighted by Gasteiger charge is 2.18. The van der Waals surface area contributed by atoms with Crippen LogP contribution in [0.5, 0.6) is 0 Å². The number of hydrogen-bond acceptors (Lipinski definition) is 15. The van der Waals surface area contributed by atoms with Gasteiger partial charge >= 0.3 is 0 Å². The van der Waals surface area contributed by atoms with Crippen LogP contribution in [0.25, 0.3) is 88.9 Å². The lowest BCUT2D eigenvalue weighted by atomic mass is 10.2. The molecule has 13 aromatic rings. The van der Waals surface area contributed by atoms with Crippen LogP contribution in [-0.4, -0.2) is 91.2 Å². The Morgan fingerprint density at radius 1 is 0.655 bits per heavy atom. The summed E-state index contributed by atoms with van der Waals surface area (Å²) in [4.78, 5) is 80.5. The molecule has 0 saturated carbocycles. The molecule has 12 heterocycles. The second-order valence-corrected chi connectivity index (χ2v) is 21.1. The third-order valence-corrected chi connectivity index (χ3v) is 12.0. The lowest BCUT2D eigenvalue weighted by Crippen LogP contribution is -2.32. The minimum absolute atomic E-state index is 0.0106. The van der Waals surface area contributed by atoms with Crippen molar-refractivity contribution in [1.29, 1.82) is 0 Å². The van der Waals surface area contributed by atoms with Crippen LogP contribution in [-0.2, 0) is 26.2 Å². The van der Waals surface area contributed by atoms with E-state index in [1.54, 1.807) is 61.8 Å². The number of amides is 2. The average Bonchev–Trinajstić information content (AvgIpc) is 4.56. The first-order valence-corrected chi connectivity index (χ1v) is 28.0. The predicted octanol–water partition coefficient (Wildman–Crippen LogP) is 10.4.